The Balaban J connectivity index is 0.869. The monoisotopic (exact) mass is 1010 g/mol. The first-order valence-corrected chi connectivity index (χ1v) is 29.5. The summed E-state index contributed by atoms with van der Waals surface area (Å²) in [5.74, 6) is 0. The van der Waals surface area contributed by atoms with Gasteiger partial charge in [0.2, 0.25) is 0 Å². The lowest BCUT2D eigenvalue weighted by molar-refractivity contribution is 0.398. The molecule has 2 heterocycles. The van der Waals surface area contributed by atoms with Gasteiger partial charge in [0.15, 0.2) is 0 Å². The summed E-state index contributed by atoms with van der Waals surface area (Å²) in [4.78, 5) is 2.41. The molecule has 0 N–H and O–H groups in total. The molecule has 0 fully saturated rings. The molecule has 1 aliphatic rings. The van der Waals surface area contributed by atoms with Gasteiger partial charge in [-0.15, -0.1) is 11.3 Å². The normalized spacial score (nSPS) is 12.8. The van der Waals surface area contributed by atoms with Crippen LogP contribution in [0, 0.1) is 13.8 Å². The number of aromatic nitrogens is 1. The lowest BCUT2D eigenvalue weighted by Gasteiger charge is -2.33. The molecule has 9 aromatic carbocycles. The summed E-state index contributed by atoms with van der Waals surface area (Å²) in [5.41, 5.74) is 20.8. The van der Waals surface area contributed by atoms with Crippen LogP contribution in [0.15, 0.2) is 194 Å². The number of unbranched alkanes of at least 4 members (excludes halogenated alkanes) is 10. The largest absolute Gasteiger partial charge is 0.311 e. The Morgan fingerprint density at radius 1 is 0.382 bits per heavy atom. The lowest BCUT2D eigenvalue weighted by Crippen LogP contribution is -2.25. The van der Waals surface area contributed by atoms with Crippen LogP contribution >= 0.6 is 11.3 Å². The van der Waals surface area contributed by atoms with E-state index in [1.165, 1.54) is 182 Å². The van der Waals surface area contributed by atoms with E-state index < -0.39 is 0 Å². The molecule has 3 heteroatoms. The zero-order valence-corrected chi connectivity index (χ0v) is 46.0. The summed E-state index contributed by atoms with van der Waals surface area (Å²) < 4.78 is 5.11. The van der Waals surface area contributed by atoms with Gasteiger partial charge in [0, 0.05) is 59.1 Å². The van der Waals surface area contributed by atoms with E-state index in [0.717, 1.165) is 17.1 Å². The number of benzene rings is 9. The maximum atomic E-state index is 2.60. The van der Waals surface area contributed by atoms with Crippen molar-refractivity contribution in [1.82, 2.24) is 4.57 Å². The Hall–Kier alpha value is -7.20. The standard InChI is InChI=1S/C73H72N2S/c1-5-7-9-11-13-19-45-73(46-20-14-12-10-8-6-2)67-47-52(4)27-41-61(67)62-42-32-55(48-68(62)73)53-28-36-58(37-29-53)74(57-34-25-51(3)26-35-57)59-38-30-54(31-39-59)56-33-43-64-63-21-15-17-23-69(63)75(70(64)49-56)60-40-44-72-66(50-60)65-22-16-18-24-71(65)76-72/h15-18,21-44,47-50H,5-14,19-20,45-46H2,1-4H3. The number of anilines is 3. The second-order valence-electron chi connectivity index (χ2n) is 22.1. The molecule has 0 saturated carbocycles. The highest BCUT2D eigenvalue weighted by Gasteiger charge is 2.42. The van der Waals surface area contributed by atoms with Crippen LogP contribution in [0.3, 0.4) is 0 Å². The lowest BCUT2D eigenvalue weighted by atomic mass is 9.70. The quantitative estimate of drug-likeness (QED) is 0.0691. The molecule has 12 rings (SSSR count). The molecule has 2 nitrogen and oxygen atoms in total. The molecule has 0 aliphatic heterocycles. The van der Waals surface area contributed by atoms with Crippen LogP contribution in [0.5, 0.6) is 0 Å². The molecule has 0 bridgehead atoms. The van der Waals surface area contributed by atoms with Crippen molar-refractivity contribution in [3.05, 3.63) is 216 Å². The van der Waals surface area contributed by atoms with Crippen LogP contribution in [0.2, 0.25) is 0 Å². The molecule has 2 aromatic heterocycles. The van der Waals surface area contributed by atoms with Crippen molar-refractivity contribution >= 4 is 70.4 Å². The highest BCUT2D eigenvalue weighted by atomic mass is 32.1. The third-order valence-corrected chi connectivity index (χ3v) is 18.1. The fourth-order valence-corrected chi connectivity index (χ4v) is 14.0. The summed E-state index contributed by atoms with van der Waals surface area (Å²) >= 11 is 1.87. The van der Waals surface area contributed by atoms with Crippen molar-refractivity contribution in [3.8, 4) is 39.1 Å². The highest BCUT2D eigenvalue weighted by Crippen LogP contribution is 2.55. The number of hydrogen-bond acceptors (Lipinski definition) is 2. The van der Waals surface area contributed by atoms with Gasteiger partial charge in [-0.3, -0.25) is 0 Å². The summed E-state index contributed by atoms with van der Waals surface area (Å²) in [6.45, 7) is 9.11. The number of nitrogens with zero attached hydrogens (tertiary/aromatic N) is 2. The molecule has 0 amide bonds. The molecule has 11 aromatic rings. The number of aryl methyl sites for hydroxylation is 2. The Labute approximate surface area is 455 Å². The third kappa shape index (κ3) is 9.47. The fraction of sp³-hybridized carbons (Fsp3) is 0.260. The number of thiophene rings is 1. The molecule has 0 unspecified atom stereocenters. The van der Waals surface area contributed by atoms with Crippen LogP contribution in [-0.2, 0) is 5.41 Å². The van der Waals surface area contributed by atoms with Gasteiger partial charge in [-0.05, 0) is 150 Å². The number of hydrogen-bond donors (Lipinski definition) is 0. The smallest absolute Gasteiger partial charge is 0.0547 e. The van der Waals surface area contributed by atoms with Crippen molar-refractivity contribution in [2.24, 2.45) is 0 Å². The van der Waals surface area contributed by atoms with Gasteiger partial charge in [0.1, 0.15) is 0 Å². The maximum Gasteiger partial charge on any atom is 0.0547 e. The minimum atomic E-state index is 0.0510. The Bertz CT molecular complexity index is 3800. The first-order chi connectivity index (χ1) is 37.4. The average Bonchev–Trinajstić information content (AvgIpc) is 4.22. The SMILES string of the molecule is CCCCCCCCC1(CCCCCCCC)c2cc(C)ccc2-c2ccc(-c3ccc(N(c4ccc(C)cc4)c4ccc(-c5ccc6c7ccccc7n(-c7ccc8sc9ccccc9c8c7)c6c5)cc4)cc3)cc21. The molecule has 0 atom stereocenters. The van der Waals surface area contributed by atoms with Crippen LogP contribution in [0.4, 0.5) is 17.1 Å². The second-order valence-corrected chi connectivity index (χ2v) is 23.1. The maximum absolute atomic E-state index is 2.60. The van der Waals surface area contributed by atoms with E-state index in [0.29, 0.717) is 0 Å². The van der Waals surface area contributed by atoms with E-state index in [2.05, 4.69) is 231 Å². The minimum Gasteiger partial charge on any atom is -0.311 e. The van der Waals surface area contributed by atoms with Gasteiger partial charge in [0.25, 0.3) is 0 Å². The van der Waals surface area contributed by atoms with Gasteiger partial charge in [-0.25, -0.2) is 0 Å². The summed E-state index contributed by atoms with van der Waals surface area (Å²) in [6, 6.07) is 73.9. The molecule has 0 radical (unpaired) electrons. The Morgan fingerprint density at radius 3 is 1.55 bits per heavy atom. The Morgan fingerprint density at radius 2 is 0.882 bits per heavy atom. The predicted molar refractivity (Wildman–Crippen MR) is 331 cm³/mol. The van der Waals surface area contributed by atoms with E-state index in [9.17, 15) is 0 Å². The van der Waals surface area contributed by atoms with Gasteiger partial charge < -0.3 is 9.47 Å². The van der Waals surface area contributed by atoms with Crippen LogP contribution < -0.4 is 4.90 Å². The molecule has 76 heavy (non-hydrogen) atoms. The number of para-hydroxylation sites is 1. The van der Waals surface area contributed by atoms with E-state index in [4.69, 9.17) is 0 Å². The van der Waals surface area contributed by atoms with E-state index >= 15 is 0 Å². The number of rotatable bonds is 20. The van der Waals surface area contributed by atoms with Crippen molar-refractivity contribution in [2.45, 2.75) is 123 Å². The average molecular weight is 1010 g/mol. The van der Waals surface area contributed by atoms with Crippen LogP contribution in [-0.4, -0.2) is 4.57 Å². The topological polar surface area (TPSA) is 8.17 Å². The first kappa shape index (κ1) is 49.7. The molecular formula is C73H72N2S. The van der Waals surface area contributed by atoms with Crippen LogP contribution in [0.25, 0.3) is 81.0 Å². The molecule has 1 aliphatic carbocycles. The fourth-order valence-electron chi connectivity index (χ4n) is 12.9. The van der Waals surface area contributed by atoms with Gasteiger partial charge in [-0.1, -0.05) is 217 Å². The summed E-state index contributed by atoms with van der Waals surface area (Å²) in [6.07, 6.45) is 18.4. The number of fused-ring (bicyclic) bond motifs is 9. The minimum absolute atomic E-state index is 0.0510. The van der Waals surface area contributed by atoms with E-state index in [1.807, 2.05) is 11.3 Å². The highest BCUT2D eigenvalue weighted by molar-refractivity contribution is 7.25. The summed E-state index contributed by atoms with van der Waals surface area (Å²) in [7, 11) is 0. The van der Waals surface area contributed by atoms with E-state index in [-0.39, 0.29) is 5.41 Å². The first-order valence-electron chi connectivity index (χ1n) is 28.7. The molecule has 0 spiro atoms. The van der Waals surface area contributed by atoms with Crippen molar-refractivity contribution < 1.29 is 0 Å². The van der Waals surface area contributed by atoms with Gasteiger partial charge in [0.05, 0.1) is 11.0 Å². The zero-order chi connectivity index (χ0) is 51.6. The van der Waals surface area contributed by atoms with Crippen molar-refractivity contribution in [2.75, 3.05) is 4.90 Å². The van der Waals surface area contributed by atoms with Crippen molar-refractivity contribution in [3.63, 3.8) is 0 Å². The van der Waals surface area contributed by atoms with Gasteiger partial charge >= 0.3 is 0 Å². The van der Waals surface area contributed by atoms with Crippen LogP contribution in [0.1, 0.15) is 126 Å². The zero-order valence-electron chi connectivity index (χ0n) is 45.2. The summed E-state index contributed by atoms with van der Waals surface area (Å²) in [5, 5.41) is 5.17. The molecular weight excluding hydrogens is 937 g/mol. The molecule has 0 saturated heterocycles. The second kappa shape index (κ2) is 21.8. The van der Waals surface area contributed by atoms with Gasteiger partial charge in [-0.2, -0.15) is 0 Å². The third-order valence-electron chi connectivity index (χ3n) is 16.9. The van der Waals surface area contributed by atoms with E-state index in [1.54, 1.807) is 11.1 Å². The molecule has 380 valence electrons. The predicted octanol–water partition coefficient (Wildman–Crippen LogP) is 22.3. The van der Waals surface area contributed by atoms with Crippen molar-refractivity contribution in [1.29, 1.82) is 0 Å². The Kier molecular flexibility index (Phi) is 14.2.